The topological polar surface area (TPSA) is 38.0 Å². The molecular weight excluding hydrogens is 287 g/mol. The van der Waals surface area contributed by atoms with E-state index in [1.165, 1.54) is 11.6 Å². The SMILES string of the molecule is CC(C)c1ccc(C(Cc2cccc(F)c2Cl)NN)cc1. The molecule has 0 saturated carbocycles. The number of hydrogen-bond donors (Lipinski definition) is 2. The molecule has 1 unspecified atom stereocenters. The summed E-state index contributed by atoms with van der Waals surface area (Å²) >= 11 is 6.00. The number of hydrogen-bond acceptors (Lipinski definition) is 2. The van der Waals surface area contributed by atoms with E-state index in [0.717, 1.165) is 11.1 Å². The molecule has 0 heterocycles. The van der Waals surface area contributed by atoms with Gasteiger partial charge in [-0.05, 0) is 35.1 Å². The largest absolute Gasteiger partial charge is 0.271 e. The van der Waals surface area contributed by atoms with E-state index in [-0.39, 0.29) is 11.1 Å². The van der Waals surface area contributed by atoms with Gasteiger partial charge >= 0.3 is 0 Å². The van der Waals surface area contributed by atoms with E-state index < -0.39 is 5.82 Å². The molecule has 4 heteroatoms. The molecule has 0 bridgehead atoms. The molecule has 0 radical (unpaired) electrons. The van der Waals surface area contributed by atoms with Gasteiger partial charge in [0.2, 0.25) is 0 Å². The van der Waals surface area contributed by atoms with E-state index in [1.54, 1.807) is 6.07 Å². The Balaban J connectivity index is 2.21. The van der Waals surface area contributed by atoms with Crippen molar-refractivity contribution in [1.82, 2.24) is 5.43 Å². The summed E-state index contributed by atoms with van der Waals surface area (Å²) in [5.74, 6) is 5.74. The van der Waals surface area contributed by atoms with Crippen molar-refractivity contribution < 1.29 is 4.39 Å². The quantitative estimate of drug-likeness (QED) is 0.636. The van der Waals surface area contributed by atoms with Crippen LogP contribution in [-0.4, -0.2) is 0 Å². The first-order valence-electron chi connectivity index (χ1n) is 7.01. The van der Waals surface area contributed by atoms with Gasteiger partial charge in [-0.1, -0.05) is 61.8 Å². The molecule has 2 aromatic carbocycles. The molecule has 2 aromatic rings. The zero-order valence-electron chi connectivity index (χ0n) is 12.2. The standard InChI is InChI=1S/C17H20ClFN2/c1-11(2)12-6-8-13(9-7-12)16(21-20)10-14-4-3-5-15(19)17(14)18/h3-9,11,16,21H,10,20H2,1-2H3. The number of halogens is 2. The van der Waals surface area contributed by atoms with Crippen LogP contribution in [0.4, 0.5) is 4.39 Å². The monoisotopic (exact) mass is 306 g/mol. The van der Waals surface area contributed by atoms with E-state index in [1.807, 2.05) is 18.2 Å². The minimum Gasteiger partial charge on any atom is -0.271 e. The smallest absolute Gasteiger partial charge is 0.142 e. The molecule has 0 fully saturated rings. The fraction of sp³-hybridized carbons (Fsp3) is 0.294. The molecule has 0 aromatic heterocycles. The van der Waals surface area contributed by atoms with Crippen LogP contribution >= 0.6 is 11.6 Å². The molecule has 0 spiro atoms. The molecule has 0 aliphatic rings. The third-order valence-corrected chi connectivity index (χ3v) is 4.09. The average Bonchev–Trinajstić information content (AvgIpc) is 2.49. The van der Waals surface area contributed by atoms with Crippen LogP contribution in [0.25, 0.3) is 0 Å². The highest BCUT2D eigenvalue weighted by Gasteiger charge is 2.14. The Hall–Kier alpha value is -1.42. The van der Waals surface area contributed by atoms with Crippen molar-refractivity contribution in [3.05, 3.63) is 70.0 Å². The lowest BCUT2D eigenvalue weighted by Crippen LogP contribution is -2.29. The Morgan fingerprint density at radius 2 is 1.71 bits per heavy atom. The number of hydrazine groups is 1. The summed E-state index contributed by atoms with van der Waals surface area (Å²) in [4.78, 5) is 0. The minimum absolute atomic E-state index is 0.106. The van der Waals surface area contributed by atoms with Gasteiger partial charge in [-0.2, -0.15) is 0 Å². The molecule has 2 rings (SSSR count). The van der Waals surface area contributed by atoms with Crippen LogP contribution in [0.5, 0.6) is 0 Å². The summed E-state index contributed by atoms with van der Waals surface area (Å²) in [6.45, 7) is 4.31. The van der Waals surface area contributed by atoms with Gasteiger partial charge in [0.15, 0.2) is 0 Å². The molecule has 21 heavy (non-hydrogen) atoms. The molecule has 0 amide bonds. The summed E-state index contributed by atoms with van der Waals surface area (Å²) in [5, 5.41) is 0.163. The van der Waals surface area contributed by atoms with Crippen molar-refractivity contribution in [3.8, 4) is 0 Å². The first-order chi connectivity index (χ1) is 10.0. The fourth-order valence-electron chi connectivity index (χ4n) is 2.31. The molecule has 112 valence electrons. The van der Waals surface area contributed by atoms with Crippen molar-refractivity contribution >= 4 is 11.6 Å². The average molecular weight is 307 g/mol. The summed E-state index contributed by atoms with van der Waals surface area (Å²) in [6, 6.07) is 13.0. The van der Waals surface area contributed by atoms with Gasteiger partial charge in [-0.3, -0.25) is 11.3 Å². The van der Waals surface area contributed by atoms with Crippen LogP contribution in [0.3, 0.4) is 0 Å². The molecule has 3 N–H and O–H groups in total. The second kappa shape index (κ2) is 7.03. The van der Waals surface area contributed by atoms with Crippen molar-refractivity contribution in [3.63, 3.8) is 0 Å². The van der Waals surface area contributed by atoms with E-state index in [2.05, 4.69) is 31.4 Å². The minimum atomic E-state index is -0.403. The van der Waals surface area contributed by atoms with Crippen molar-refractivity contribution in [2.24, 2.45) is 5.84 Å². The van der Waals surface area contributed by atoms with E-state index in [0.29, 0.717) is 12.3 Å². The first-order valence-corrected chi connectivity index (χ1v) is 7.39. The predicted octanol–water partition coefficient (Wildman–Crippen LogP) is 4.35. The molecule has 0 saturated heterocycles. The van der Waals surface area contributed by atoms with Gasteiger partial charge in [-0.15, -0.1) is 0 Å². The first kappa shape index (κ1) is 16.0. The highest BCUT2D eigenvalue weighted by Crippen LogP contribution is 2.26. The highest BCUT2D eigenvalue weighted by molar-refractivity contribution is 6.31. The van der Waals surface area contributed by atoms with E-state index in [9.17, 15) is 4.39 Å². The Labute approximate surface area is 130 Å². The second-order valence-electron chi connectivity index (χ2n) is 5.46. The normalized spacial score (nSPS) is 12.7. The fourth-order valence-corrected chi connectivity index (χ4v) is 2.52. The molecular formula is C17H20ClFN2. The van der Waals surface area contributed by atoms with Gasteiger partial charge in [0.1, 0.15) is 5.82 Å². The second-order valence-corrected chi connectivity index (χ2v) is 5.84. The number of rotatable bonds is 5. The highest BCUT2D eigenvalue weighted by atomic mass is 35.5. The van der Waals surface area contributed by atoms with E-state index >= 15 is 0 Å². The van der Waals surface area contributed by atoms with Crippen molar-refractivity contribution in [1.29, 1.82) is 0 Å². The number of benzene rings is 2. The van der Waals surface area contributed by atoms with Crippen LogP contribution in [0.15, 0.2) is 42.5 Å². The van der Waals surface area contributed by atoms with Crippen LogP contribution in [0, 0.1) is 5.82 Å². The third-order valence-electron chi connectivity index (χ3n) is 3.66. The zero-order chi connectivity index (χ0) is 15.4. The van der Waals surface area contributed by atoms with Crippen molar-refractivity contribution in [2.75, 3.05) is 0 Å². The molecule has 0 aliphatic heterocycles. The zero-order valence-corrected chi connectivity index (χ0v) is 13.0. The molecule has 1 atom stereocenters. The Bertz CT molecular complexity index is 596. The predicted molar refractivity (Wildman–Crippen MR) is 85.7 cm³/mol. The summed E-state index contributed by atoms with van der Waals surface area (Å²) in [6.07, 6.45) is 0.536. The third kappa shape index (κ3) is 3.82. The van der Waals surface area contributed by atoms with E-state index in [4.69, 9.17) is 17.4 Å². The number of nitrogens with one attached hydrogen (secondary N) is 1. The molecule has 0 aliphatic carbocycles. The maximum atomic E-state index is 13.5. The lowest BCUT2D eigenvalue weighted by Gasteiger charge is -2.18. The van der Waals surface area contributed by atoms with Gasteiger partial charge in [0, 0.05) is 0 Å². The van der Waals surface area contributed by atoms with Crippen molar-refractivity contribution in [2.45, 2.75) is 32.2 Å². The Kier molecular flexibility index (Phi) is 5.34. The van der Waals surface area contributed by atoms with Gasteiger partial charge < -0.3 is 0 Å². The summed E-state index contributed by atoms with van der Waals surface area (Å²) in [7, 11) is 0. The summed E-state index contributed by atoms with van der Waals surface area (Å²) in [5.41, 5.74) is 5.86. The molecule has 2 nitrogen and oxygen atoms in total. The van der Waals surface area contributed by atoms with Crippen LogP contribution < -0.4 is 11.3 Å². The van der Waals surface area contributed by atoms with Crippen LogP contribution in [-0.2, 0) is 6.42 Å². The lowest BCUT2D eigenvalue weighted by atomic mass is 9.96. The lowest BCUT2D eigenvalue weighted by molar-refractivity contribution is 0.548. The van der Waals surface area contributed by atoms with Gasteiger partial charge in [0.25, 0.3) is 0 Å². The Morgan fingerprint density at radius 3 is 2.29 bits per heavy atom. The number of nitrogens with two attached hydrogens (primary N) is 1. The maximum absolute atomic E-state index is 13.5. The van der Waals surface area contributed by atoms with Gasteiger partial charge in [0.05, 0.1) is 11.1 Å². The summed E-state index contributed by atoms with van der Waals surface area (Å²) < 4.78 is 13.5. The Morgan fingerprint density at radius 1 is 1.10 bits per heavy atom. The van der Waals surface area contributed by atoms with Crippen LogP contribution in [0.2, 0.25) is 5.02 Å². The van der Waals surface area contributed by atoms with Gasteiger partial charge in [-0.25, -0.2) is 4.39 Å². The van der Waals surface area contributed by atoms with Crippen LogP contribution in [0.1, 0.15) is 42.5 Å². The maximum Gasteiger partial charge on any atom is 0.142 e.